The van der Waals surface area contributed by atoms with Gasteiger partial charge in [0, 0.05) is 12.8 Å². The average molecular weight is 369 g/mol. The molecule has 140 valence electrons. The highest BCUT2D eigenvalue weighted by molar-refractivity contribution is 6.32. The van der Waals surface area contributed by atoms with Crippen molar-refractivity contribution in [2.24, 2.45) is 0 Å². The number of hydrogen-bond acceptors (Lipinski definition) is 4. The van der Waals surface area contributed by atoms with E-state index in [1.807, 2.05) is 19.9 Å². The first-order valence-electron chi connectivity index (χ1n) is 9.15. The van der Waals surface area contributed by atoms with Crippen molar-refractivity contribution >= 4 is 23.5 Å². The van der Waals surface area contributed by atoms with E-state index >= 15 is 0 Å². The number of hydrogen-bond donors (Lipinski definition) is 0. The minimum absolute atomic E-state index is 0.0978. The molecule has 0 unspecified atom stereocenters. The van der Waals surface area contributed by atoms with Gasteiger partial charge >= 0.3 is 11.9 Å². The molecule has 0 aromatic heterocycles. The predicted molar refractivity (Wildman–Crippen MR) is 100 cm³/mol. The van der Waals surface area contributed by atoms with Crippen LogP contribution < -0.4 is 4.74 Å². The zero-order valence-corrected chi connectivity index (χ0v) is 16.1. The van der Waals surface area contributed by atoms with Gasteiger partial charge in [0.25, 0.3) is 0 Å². The highest BCUT2D eigenvalue weighted by Crippen LogP contribution is 2.25. The molecule has 0 heterocycles. The fraction of sp³-hybridized carbons (Fsp3) is 0.600. The lowest BCUT2D eigenvalue weighted by molar-refractivity contribution is -0.143. The van der Waals surface area contributed by atoms with E-state index in [0.717, 1.165) is 50.5 Å². The molecule has 1 rings (SSSR count). The zero-order chi connectivity index (χ0) is 18.5. The molecule has 0 aliphatic heterocycles. The summed E-state index contributed by atoms with van der Waals surface area (Å²) in [5.41, 5.74) is 1.01. The molecule has 4 nitrogen and oxygen atoms in total. The van der Waals surface area contributed by atoms with Crippen molar-refractivity contribution in [2.75, 3.05) is 6.61 Å². The van der Waals surface area contributed by atoms with Crippen molar-refractivity contribution in [3.8, 4) is 5.75 Å². The van der Waals surface area contributed by atoms with Crippen LogP contribution >= 0.6 is 11.6 Å². The highest BCUT2D eigenvalue weighted by atomic mass is 35.5. The number of esters is 2. The Balaban J connectivity index is 2.03. The molecule has 1 aromatic rings. The molecular weight excluding hydrogens is 340 g/mol. The van der Waals surface area contributed by atoms with Crippen LogP contribution in [-0.4, -0.2) is 18.5 Å². The lowest BCUT2D eigenvalue weighted by Crippen LogP contribution is -2.08. The van der Waals surface area contributed by atoms with Crippen LogP contribution in [0.1, 0.15) is 70.3 Å². The third kappa shape index (κ3) is 10.1. The smallest absolute Gasteiger partial charge is 0.311 e. The standard InChI is InChI=1S/C20H29ClO4/c1-3-14-24-19(22)10-8-6-4-5-7-9-11-20(23)25-18-15-16(2)12-13-17(18)21/h12-13,15H,3-11,14H2,1-2H3. The largest absolute Gasteiger partial charge is 0.466 e. The Kier molecular flexibility index (Phi) is 11.0. The van der Waals surface area contributed by atoms with E-state index in [9.17, 15) is 9.59 Å². The topological polar surface area (TPSA) is 52.6 Å². The first-order chi connectivity index (χ1) is 12.0. The van der Waals surface area contributed by atoms with Gasteiger partial charge in [-0.1, -0.05) is 50.3 Å². The van der Waals surface area contributed by atoms with E-state index in [-0.39, 0.29) is 11.9 Å². The summed E-state index contributed by atoms with van der Waals surface area (Å²) in [7, 11) is 0. The van der Waals surface area contributed by atoms with Crippen molar-refractivity contribution in [1.29, 1.82) is 0 Å². The molecule has 0 saturated heterocycles. The predicted octanol–water partition coefficient (Wildman–Crippen LogP) is 5.63. The summed E-state index contributed by atoms with van der Waals surface area (Å²) in [5, 5.41) is 0.455. The third-order valence-corrected chi connectivity index (χ3v) is 4.10. The Morgan fingerprint density at radius 3 is 2.20 bits per heavy atom. The van der Waals surface area contributed by atoms with Gasteiger partial charge in [-0.25, -0.2) is 0 Å². The monoisotopic (exact) mass is 368 g/mol. The summed E-state index contributed by atoms with van der Waals surface area (Å²) < 4.78 is 10.3. The van der Waals surface area contributed by atoms with Crippen molar-refractivity contribution in [3.63, 3.8) is 0 Å². The average Bonchev–Trinajstić information content (AvgIpc) is 2.58. The van der Waals surface area contributed by atoms with E-state index in [0.29, 0.717) is 30.2 Å². The van der Waals surface area contributed by atoms with Gasteiger partial charge in [0.2, 0.25) is 0 Å². The molecule has 0 bridgehead atoms. The van der Waals surface area contributed by atoms with Crippen molar-refractivity contribution in [1.82, 2.24) is 0 Å². The molecule has 1 aromatic carbocycles. The van der Waals surface area contributed by atoms with Crippen LogP contribution in [0.4, 0.5) is 0 Å². The van der Waals surface area contributed by atoms with E-state index in [1.165, 1.54) is 0 Å². The zero-order valence-electron chi connectivity index (χ0n) is 15.3. The Morgan fingerprint density at radius 2 is 1.56 bits per heavy atom. The lowest BCUT2D eigenvalue weighted by Gasteiger charge is -2.07. The highest BCUT2D eigenvalue weighted by Gasteiger charge is 2.08. The Hall–Kier alpha value is -1.55. The number of rotatable bonds is 12. The van der Waals surface area contributed by atoms with Gasteiger partial charge in [0.05, 0.1) is 11.6 Å². The van der Waals surface area contributed by atoms with Gasteiger partial charge in [-0.2, -0.15) is 0 Å². The third-order valence-electron chi connectivity index (χ3n) is 3.79. The molecule has 0 amide bonds. The van der Waals surface area contributed by atoms with Gasteiger partial charge in [-0.05, 0) is 43.9 Å². The molecule has 25 heavy (non-hydrogen) atoms. The Labute approximate surface area is 155 Å². The SMILES string of the molecule is CCCOC(=O)CCCCCCCCC(=O)Oc1cc(C)ccc1Cl. The number of unbranched alkanes of at least 4 members (excludes halogenated alkanes) is 5. The summed E-state index contributed by atoms with van der Waals surface area (Å²) in [6, 6.07) is 5.38. The van der Waals surface area contributed by atoms with E-state index in [4.69, 9.17) is 21.1 Å². The van der Waals surface area contributed by atoms with Gasteiger partial charge < -0.3 is 9.47 Å². The van der Waals surface area contributed by atoms with Crippen molar-refractivity contribution in [3.05, 3.63) is 28.8 Å². The number of carbonyl (C=O) groups excluding carboxylic acids is 2. The second-order valence-corrected chi connectivity index (χ2v) is 6.66. The first kappa shape index (κ1) is 21.5. The van der Waals surface area contributed by atoms with Crippen LogP contribution in [0.25, 0.3) is 0 Å². The van der Waals surface area contributed by atoms with Crippen LogP contribution in [0, 0.1) is 6.92 Å². The quantitative estimate of drug-likeness (QED) is 0.272. The van der Waals surface area contributed by atoms with Crippen molar-refractivity contribution in [2.45, 2.75) is 71.6 Å². The van der Waals surface area contributed by atoms with Gasteiger partial charge in [0.15, 0.2) is 0 Å². The van der Waals surface area contributed by atoms with Crippen LogP contribution in [0.2, 0.25) is 5.02 Å². The van der Waals surface area contributed by atoms with E-state index in [1.54, 1.807) is 12.1 Å². The summed E-state index contributed by atoms with van der Waals surface area (Å²) in [5.74, 6) is 0.0900. The summed E-state index contributed by atoms with van der Waals surface area (Å²) in [4.78, 5) is 23.2. The fourth-order valence-electron chi connectivity index (χ4n) is 2.40. The molecular formula is C20H29ClO4. The Bertz CT molecular complexity index is 542. The molecule has 0 radical (unpaired) electrons. The van der Waals surface area contributed by atoms with E-state index in [2.05, 4.69) is 0 Å². The van der Waals surface area contributed by atoms with Crippen LogP contribution in [0.15, 0.2) is 18.2 Å². The van der Waals surface area contributed by atoms with Gasteiger partial charge in [-0.15, -0.1) is 0 Å². The van der Waals surface area contributed by atoms with Gasteiger partial charge in [0.1, 0.15) is 5.75 Å². The summed E-state index contributed by atoms with van der Waals surface area (Å²) in [6.45, 7) is 4.43. The second-order valence-electron chi connectivity index (χ2n) is 6.25. The normalized spacial score (nSPS) is 10.5. The molecule has 0 aliphatic rings. The molecule has 0 saturated carbocycles. The molecule has 0 atom stereocenters. The minimum atomic E-state index is -0.244. The van der Waals surface area contributed by atoms with Crippen LogP contribution in [-0.2, 0) is 14.3 Å². The van der Waals surface area contributed by atoms with Crippen LogP contribution in [0.3, 0.4) is 0 Å². The summed E-state index contributed by atoms with van der Waals surface area (Å²) in [6.07, 6.45) is 7.57. The lowest BCUT2D eigenvalue weighted by atomic mass is 10.1. The number of aryl methyl sites for hydroxylation is 1. The number of benzene rings is 1. The number of halogens is 1. The Morgan fingerprint density at radius 1 is 0.960 bits per heavy atom. The molecule has 0 spiro atoms. The molecule has 0 N–H and O–H groups in total. The maximum absolute atomic E-state index is 11.8. The van der Waals surface area contributed by atoms with Crippen molar-refractivity contribution < 1.29 is 19.1 Å². The molecule has 0 fully saturated rings. The number of ether oxygens (including phenoxy) is 2. The fourth-order valence-corrected chi connectivity index (χ4v) is 2.55. The maximum Gasteiger partial charge on any atom is 0.311 e. The van der Waals surface area contributed by atoms with Crippen LogP contribution in [0.5, 0.6) is 5.75 Å². The molecule has 0 aliphatic carbocycles. The van der Waals surface area contributed by atoms with E-state index < -0.39 is 0 Å². The minimum Gasteiger partial charge on any atom is -0.466 e. The molecule has 5 heteroatoms. The number of carbonyl (C=O) groups is 2. The first-order valence-corrected chi connectivity index (χ1v) is 9.53. The maximum atomic E-state index is 11.8. The summed E-state index contributed by atoms with van der Waals surface area (Å²) >= 11 is 6.01. The second kappa shape index (κ2) is 12.8. The van der Waals surface area contributed by atoms with Gasteiger partial charge in [-0.3, -0.25) is 9.59 Å².